The maximum Gasteiger partial charge on any atom is 0.251 e. The van der Waals surface area contributed by atoms with Gasteiger partial charge < -0.3 is 10.6 Å². The Kier molecular flexibility index (Phi) is 5.86. The molecule has 178 valence electrons. The lowest BCUT2D eigenvalue weighted by atomic mass is 9.91. The van der Waals surface area contributed by atoms with Crippen LogP contribution < -0.4 is 10.6 Å². The third kappa shape index (κ3) is 4.73. The smallest absolute Gasteiger partial charge is 0.251 e. The van der Waals surface area contributed by atoms with E-state index >= 15 is 0 Å². The topological polar surface area (TPSA) is 84.7 Å². The van der Waals surface area contributed by atoms with Crippen LogP contribution in [0.5, 0.6) is 0 Å². The van der Waals surface area contributed by atoms with E-state index in [4.69, 9.17) is 21.6 Å². The number of fused-ring (bicyclic) bond motifs is 1. The van der Waals surface area contributed by atoms with Gasteiger partial charge in [-0.2, -0.15) is 5.10 Å². The number of hydrogen-bond acceptors (Lipinski definition) is 5. The van der Waals surface area contributed by atoms with Crippen LogP contribution in [0.15, 0.2) is 60.8 Å². The zero-order chi connectivity index (χ0) is 23.8. The van der Waals surface area contributed by atoms with Gasteiger partial charge >= 0.3 is 0 Å². The van der Waals surface area contributed by atoms with E-state index in [2.05, 4.69) is 15.7 Å². The number of carbonyl (C=O) groups is 1. The third-order valence-corrected chi connectivity index (χ3v) is 7.12. The SMILES string of the molecule is O=C(NC1CCC(Nc2nc(C3CC3)nc3c2cnn3-c2cccc(Cl)c2)CC1)c1ccccc1. The zero-order valence-electron chi connectivity index (χ0n) is 19.3. The van der Waals surface area contributed by atoms with Crippen molar-refractivity contribution in [2.24, 2.45) is 0 Å². The lowest BCUT2D eigenvalue weighted by Gasteiger charge is -2.30. The zero-order valence-corrected chi connectivity index (χ0v) is 20.1. The van der Waals surface area contributed by atoms with Gasteiger partial charge in [-0.1, -0.05) is 35.9 Å². The van der Waals surface area contributed by atoms with E-state index in [0.29, 0.717) is 22.5 Å². The summed E-state index contributed by atoms with van der Waals surface area (Å²) < 4.78 is 1.84. The minimum Gasteiger partial charge on any atom is -0.367 e. The maximum atomic E-state index is 12.5. The number of carbonyl (C=O) groups excluding carboxylic acids is 1. The number of nitrogens with one attached hydrogen (secondary N) is 2. The van der Waals surface area contributed by atoms with Gasteiger partial charge in [-0.15, -0.1) is 0 Å². The molecule has 2 aromatic carbocycles. The summed E-state index contributed by atoms with van der Waals surface area (Å²) >= 11 is 6.23. The van der Waals surface area contributed by atoms with Crippen LogP contribution in [-0.2, 0) is 0 Å². The first-order valence-electron chi connectivity index (χ1n) is 12.3. The van der Waals surface area contributed by atoms with Crippen LogP contribution in [0.25, 0.3) is 16.7 Å². The lowest BCUT2D eigenvalue weighted by Crippen LogP contribution is -2.40. The Labute approximate surface area is 208 Å². The first kappa shape index (κ1) is 22.0. The summed E-state index contributed by atoms with van der Waals surface area (Å²) in [6.45, 7) is 0. The Hall–Kier alpha value is -3.45. The molecule has 0 aliphatic heterocycles. The number of aromatic nitrogens is 4. The summed E-state index contributed by atoms with van der Waals surface area (Å²) in [5, 5.41) is 13.1. The molecule has 0 radical (unpaired) electrons. The monoisotopic (exact) mass is 486 g/mol. The van der Waals surface area contributed by atoms with Crippen molar-refractivity contribution in [1.82, 2.24) is 25.1 Å². The quantitative estimate of drug-likeness (QED) is 0.376. The van der Waals surface area contributed by atoms with Gasteiger partial charge in [0.15, 0.2) is 5.65 Å². The molecule has 0 bridgehead atoms. The van der Waals surface area contributed by atoms with E-state index in [9.17, 15) is 4.79 Å². The fourth-order valence-electron chi connectivity index (χ4n) is 4.79. The molecule has 2 saturated carbocycles. The number of hydrogen-bond donors (Lipinski definition) is 2. The van der Waals surface area contributed by atoms with Gasteiger partial charge in [0.05, 0.1) is 17.3 Å². The van der Waals surface area contributed by atoms with E-state index < -0.39 is 0 Å². The van der Waals surface area contributed by atoms with Crippen LogP contribution in [0.4, 0.5) is 5.82 Å². The molecule has 2 N–H and O–H groups in total. The first-order valence-corrected chi connectivity index (χ1v) is 12.7. The summed E-state index contributed by atoms with van der Waals surface area (Å²) in [6, 6.07) is 17.5. The molecule has 2 fully saturated rings. The summed E-state index contributed by atoms with van der Waals surface area (Å²) in [5.74, 6) is 2.16. The van der Waals surface area contributed by atoms with Crippen molar-refractivity contribution < 1.29 is 4.79 Å². The highest BCUT2D eigenvalue weighted by Gasteiger charge is 2.30. The molecule has 0 unspecified atom stereocenters. The fourth-order valence-corrected chi connectivity index (χ4v) is 4.97. The molecule has 2 aromatic heterocycles. The second-order valence-electron chi connectivity index (χ2n) is 9.51. The van der Waals surface area contributed by atoms with Gasteiger partial charge in [0.2, 0.25) is 0 Å². The number of nitrogens with zero attached hydrogens (tertiary/aromatic N) is 4. The molecule has 2 aliphatic carbocycles. The van der Waals surface area contributed by atoms with E-state index in [1.54, 1.807) is 0 Å². The first-order chi connectivity index (χ1) is 17.1. The molecule has 35 heavy (non-hydrogen) atoms. The number of rotatable bonds is 6. The summed E-state index contributed by atoms with van der Waals surface area (Å²) in [5.41, 5.74) is 2.39. The molecule has 1 amide bonds. The van der Waals surface area contributed by atoms with Gasteiger partial charge in [0, 0.05) is 28.6 Å². The predicted molar refractivity (Wildman–Crippen MR) is 137 cm³/mol. The predicted octanol–water partition coefficient (Wildman–Crippen LogP) is 5.50. The normalized spacial score (nSPS) is 20.0. The minimum atomic E-state index is 0.00187. The van der Waals surface area contributed by atoms with Crippen molar-refractivity contribution >= 4 is 34.4 Å². The Bertz CT molecular complexity index is 1360. The minimum absolute atomic E-state index is 0.00187. The van der Waals surface area contributed by atoms with Crippen LogP contribution in [0.3, 0.4) is 0 Å². The average molecular weight is 487 g/mol. The second kappa shape index (κ2) is 9.30. The highest BCUT2D eigenvalue weighted by atomic mass is 35.5. The van der Waals surface area contributed by atoms with E-state index in [1.165, 1.54) is 0 Å². The van der Waals surface area contributed by atoms with Gasteiger partial charge in [-0.05, 0) is 68.9 Å². The van der Waals surface area contributed by atoms with Crippen LogP contribution >= 0.6 is 11.6 Å². The number of amides is 1. The molecule has 2 heterocycles. The van der Waals surface area contributed by atoms with Gasteiger partial charge in [-0.3, -0.25) is 4.79 Å². The van der Waals surface area contributed by atoms with Crippen LogP contribution in [0, 0.1) is 0 Å². The lowest BCUT2D eigenvalue weighted by molar-refractivity contribution is 0.0926. The van der Waals surface area contributed by atoms with Crippen LogP contribution in [0.2, 0.25) is 5.02 Å². The number of anilines is 1. The highest BCUT2D eigenvalue weighted by Crippen LogP contribution is 2.40. The van der Waals surface area contributed by atoms with Gasteiger partial charge in [-0.25, -0.2) is 14.6 Å². The van der Waals surface area contributed by atoms with Crippen molar-refractivity contribution in [1.29, 1.82) is 0 Å². The molecule has 7 nitrogen and oxygen atoms in total. The molecular formula is C27H27ClN6O. The van der Waals surface area contributed by atoms with Crippen LogP contribution in [0.1, 0.15) is 60.6 Å². The molecule has 4 aromatic rings. The van der Waals surface area contributed by atoms with Crippen molar-refractivity contribution in [2.75, 3.05) is 5.32 Å². The molecule has 0 saturated heterocycles. The number of halogens is 1. The van der Waals surface area contributed by atoms with Gasteiger partial charge in [0.25, 0.3) is 5.91 Å². The van der Waals surface area contributed by atoms with Crippen molar-refractivity contribution in [2.45, 2.75) is 56.5 Å². The van der Waals surface area contributed by atoms with E-state index in [-0.39, 0.29) is 11.9 Å². The maximum absolute atomic E-state index is 12.5. The summed E-state index contributed by atoms with van der Waals surface area (Å²) in [4.78, 5) is 22.3. The van der Waals surface area contributed by atoms with Crippen molar-refractivity contribution in [3.8, 4) is 5.69 Å². The summed E-state index contributed by atoms with van der Waals surface area (Å²) in [6.07, 6.45) is 7.88. The van der Waals surface area contributed by atoms with E-state index in [0.717, 1.165) is 66.9 Å². The van der Waals surface area contributed by atoms with Crippen molar-refractivity contribution in [3.05, 3.63) is 77.2 Å². The molecule has 0 spiro atoms. The Morgan fingerprint density at radius 2 is 1.69 bits per heavy atom. The Morgan fingerprint density at radius 1 is 0.914 bits per heavy atom. The highest BCUT2D eigenvalue weighted by molar-refractivity contribution is 6.30. The Morgan fingerprint density at radius 3 is 2.43 bits per heavy atom. The van der Waals surface area contributed by atoms with Crippen LogP contribution in [-0.4, -0.2) is 37.7 Å². The molecule has 0 atom stereocenters. The molecule has 6 rings (SSSR count). The van der Waals surface area contributed by atoms with Crippen molar-refractivity contribution in [3.63, 3.8) is 0 Å². The standard InChI is InChI=1S/C27H27ClN6O/c28-19-7-4-8-22(15-19)34-26-23(16-29-34)25(32-24(33-26)17-9-10-17)30-20-11-13-21(14-12-20)31-27(35)18-5-2-1-3-6-18/h1-8,15-17,20-21H,9-14H2,(H,31,35)(H,30,32,33). The molecule has 8 heteroatoms. The average Bonchev–Trinajstić information content (AvgIpc) is 3.64. The molecule has 2 aliphatic rings. The largest absolute Gasteiger partial charge is 0.367 e. The fraction of sp³-hybridized carbons (Fsp3) is 0.333. The van der Waals surface area contributed by atoms with Gasteiger partial charge in [0.1, 0.15) is 11.6 Å². The number of benzene rings is 2. The summed E-state index contributed by atoms with van der Waals surface area (Å²) in [7, 11) is 0. The third-order valence-electron chi connectivity index (χ3n) is 6.88. The molecular weight excluding hydrogens is 460 g/mol. The Balaban J connectivity index is 1.19. The van der Waals surface area contributed by atoms with E-state index in [1.807, 2.05) is 65.5 Å². The second-order valence-corrected chi connectivity index (χ2v) is 9.95.